The van der Waals surface area contributed by atoms with Gasteiger partial charge in [-0.1, -0.05) is 34.1 Å². The number of hydrogen-bond acceptors (Lipinski definition) is 0. The summed E-state index contributed by atoms with van der Waals surface area (Å²) in [5.74, 6) is 1.93. The van der Waals surface area contributed by atoms with Crippen molar-refractivity contribution in [3.8, 4) is 0 Å². The fourth-order valence-electron chi connectivity index (χ4n) is 2.36. The molecule has 12 heavy (non-hydrogen) atoms. The zero-order valence-electron chi connectivity index (χ0n) is 9.19. The van der Waals surface area contributed by atoms with Crippen molar-refractivity contribution in [1.29, 1.82) is 0 Å². The van der Waals surface area contributed by atoms with Crippen molar-refractivity contribution in [3.63, 3.8) is 0 Å². The number of hydrogen-bond donors (Lipinski definition) is 0. The second-order valence-electron chi connectivity index (χ2n) is 5.25. The Balaban J connectivity index is 2.39. The molecule has 1 fully saturated rings. The topological polar surface area (TPSA) is 0 Å². The van der Waals surface area contributed by atoms with Crippen LogP contribution in [-0.4, -0.2) is 0 Å². The van der Waals surface area contributed by atoms with Gasteiger partial charge in [0.15, 0.2) is 0 Å². The van der Waals surface area contributed by atoms with Gasteiger partial charge in [-0.25, -0.2) is 0 Å². The van der Waals surface area contributed by atoms with Crippen LogP contribution in [0.3, 0.4) is 0 Å². The third-order valence-electron chi connectivity index (χ3n) is 4.03. The summed E-state index contributed by atoms with van der Waals surface area (Å²) < 4.78 is 0. The van der Waals surface area contributed by atoms with Crippen LogP contribution in [0.5, 0.6) is 0 Å². The first kappa shape index (κ1) is 10.1. The van der Waals surface area contributed by atoms with E-state index in [0.29, 0.717) is 5.41 Å². The molecule has 1 aliphatic rings. The lowest BCUT2D eigenvalue weighted by molar-refractivity contribution is 0.139. The van der Waals surface area contributed by atoms with Gasteiger partial charge in [-0.3, -0.25) is 0 Å². The molecule has 1 saturated carbocycles. The van der Waals surface area contributed by atoms with Crippen molar-refractivity contribution < 1.29 is 0 Å². The van der Waals surface area contributed by atoms with Gasteiger partial charge in [0, 0.05) is 0 Å². The van der Waals surface area contributed by atoms with Crippen LogP contribution in [0.25, 0.3) is 0 Å². The molecule has 0 spiro atoms. The second-order valence-corrected chi connectivity index (χ2v) is 5.25. The van der Waals surface area contributed by atoms with Crippen LogP contribution < -0.4 is 0 Å². The van der Waals surface area contributed by atoms with Crippen LogP contribution in [0, 0.1) is 17.3 Å². The van der Waals surface area contributed by atoms with E-state index in [4.69, 9.17) is 0 Å². The fourth-order valence-corrected chi connectivity index (χ4v) is 2.36. The van der Waals surface area contributed by atoms with E-state index in [0.717, 1.165) is 11.8 Å². The second kappa shape index (κ2) is 3.81. The highest BCUT2D eigenvalue weighted by atomic mass is 14.4. The maximum absolute atomic E-state index is 2.46. The molecule has 0 N–H and O–H groups in total. The Morgan fingerprint density at radius 1 is 1.25 bits per heavy atom. The predicted octanol–water partition coefficient (Wildman–Crippen LogP) is 4.25. The van der Waals surface area contributed by atoms with Crippen LogP contribution in [0.2, 0.25) is 0 Å². The molecule has 0 amide bonds. The first-order chi connectivity index (χ1) is 5.57. The summed E-state index contributed by atoms with van der Waals surface area (Å²) in [6.45, 7) is 9.55. The Kier molecular flexibility index (Phi) is 3.20. The van der Waals surface area contributed by atoms with E-state index in [9.17, 15) is 0 Å². The average Bonchev–Trinajstić information content (AvgIpc) is 2.05. The van der Waals surface area contributed by atoms with E-state index in [1.165, 1.54) is 32.1 Å². The molecule has 1 rings (SSSR count). The fraction of sp³-hybridized carbons (Fsp3) is 1.00. The van der Waals surface area contributed by atoms with Crippen LogP contribution in [0.4, 0.5) is 0 Å². The Morgan fingerprint density at radius 3 is 2.08 bits per heavy atom. The summed E-state index contributed by atoms with van der Waals surface area (Å²) in [6, 6.07) is 0. The highest BCUT2D eigenvalue weighted by Crippen LogP contribution is 2.42. The summed E-state index contributed by atoms with van der Waals surface area (Å²) in [5.41, 5.74) is 0.686. The van der Waals surface area contributed by atoms with Crippen LogP contribution >= 0.6 is 0 Å². The molecule has 72 valence electrons. The lowest BCUT2D eigenvalue weighted by Crippen LogP contribution is -2.25. The van der Waals surface area contributed by atoms with E-state index in [1.807, 2.05) is 0 Å². The van der Waals surface area contributed by atoms with Crippen molar-refractivity contribution >= 4 is 0 Å². The summed E-state index contributed by atoms with van der Waals surface area (Å²) in [4.78, 5) is 0. The molecule has 0 nitrogen and oxygen atoms in total. The Labute approximate surface area is 77.7 Å². The van der Waals surface area contributed by atoms with Gasteiger partial charge in [0.2, 0.25) is 0 Å². The predicted molar refractivity (Wildman–Crippen MR) is 55.2 cm³/mol. The average molecular weight is 168 g/mol. The summed E-state index contributed by atoms with van der Waals surface area (Å²) in [5, 5.41) is 0. The van der Waals surface area contributed by atoms with E-state index in [1.54, 1.807) is 0 Å². The molecule has 0 aliphatic heterocycles. The molecular weight excluding hydrogens is 144 g/mol. The molecule has 0 unspecified atom stereocenters. The highest BCUT2D eigenvalue weighted by Gasteiger charge is 2.30. The third kappa shape index (κ3) is 2.24. The molecule has 0 aromatic heterocycles. The van der Waals surface area contributed by atoms with Gasteiger partial charge in [-0.15, -0.1) is 0 Å². The van der Waals surface area contributed by atoms with Gasteiger partial charge in [-0.2, -0.15) is 0 Å². The van der Waals surface area contributed by atoms with Crippen molar-refractivity contribution in [2.45, 2.75) is 59.8 Å². The maximum atomic E-state index is 2.46. The van der Waals surface area contributed by atoms with Crippen molar-refractivity contribution in [2.75, 3.05) is 0 Å². The van der Waals surface area contributed by atoms with E-state index < -0.39 is 0 Å². The molecule has 0 heterocycles. The third-order valence-corrected chi connectivity index (χ3v) is 4.03. The monoisotopic (exact) mass is 168 g/mol. The zero-order chi connectivity index (χ0) is 9.19. The summed E-state index contributed by atoms with van der Waals surface area (Å²) in [6.07, 6.45) is 7.25. The van der Waals surface area contributed by atoms with Crippen molar-refractivity contribution in [2.24, 2.45) is 17.3 Å². The molecule has 0 atom stereocenters. The number of rotatable bonds is 2. The minimum Gasteiger partial charge on any atom is -0.0649 e. The Hall–Kier alpha value is 0. The minimum atomic E-state index is 0.686. The van der Waals surface area contributed by atoms with Gasteiger partial charge < -0.3 is 0 Å². The van der Waals surface area contributed by atoms with Gasteiger partial charge in [0.05, 0.1) is 0 Å². The standard InChI is InChI=1S/C12H24/c1-5-12(4)8-6-11(7-9-12)10(2)3/h10-11H,5-9H2,1-4H3. The molecular formula is C12H24. The smallest absolute Gasteiger partial charge is 0.0328 e. The molecule has 0 heteroatoms. The summed E-state index contributed by atoms with van der Waals surface area (Å²) >= 11 is 0. The SMILES string of the molecule is CCC1(C)CCC(C(C)C)CC1. The lowest BCUT2D eigenvalue weighted by Gasteiger charge is -2.38. The van der Waals surface area contributed by atoms with Gasteiger partial charge in [0.25, 0.3) is 0 Å². The van der Waals surface area contributed by atoms with E-state index >= 15 is 0 Å². The molecule has 0 saturated heterocycles. The first-order valence-electron chi connectivity index (χ1n) is 5.57. The summed E-state index contributed by atoms with van der Waals surface area (Å²) in [7, 11) is 0. The first-order valence-corrected chi connectivity index (χ1v) is 5.57. The highest BCUT2D eigenvalue weighted by molar-refractivity contribution is 4.81. The zero-order valence-corrected chi connectivity index (χ0v) is 9.19. The van der Waals surface area contributed by atoms with E-state index in [-0.39, 0.29) is 0 Å². The molecule has 0 aromatic carbocycles. The molecule has 0 bridgehead atoms. The van der Waals surface area contributed by atoms with Gasteiger partial charge in [-0.05, 0) is 42.9 Å². The Bertz CT molecular complexity index is 127. The normalized spacial score (nSPS) is 37.2. The van der Waals surface area contributed by atoms with Gasteiger partial charge in [0.1, 0.15) is 0 Å². The largest absolute Gasteiger partial charge is 0.0649 e. The van der Waals surface area contributed by atoms with E-state index in [2.05, 4.69) is 27.7 Å². The Morgan fingerprint density at radius 2 is 1.75 bits per heavy atom. The molecule has 0 radical (unpaired) electrons. The quantitative estimate of drug-likeness (QED) is 0.578. The van der Waals surface area contributed by atoms with Crippen LogP contribution in [-0.2, 0) is 0 Å². The van der Waals surface area contributed by atoms with Crippen molar-refractivity contribution in [1.82, 2.24) is 0 Å². The minimum absolute atomic E-state index is 0.686. The van der Waals surface area contributed by atoms with Crippen LogP contribution in [0.1, 0.15) is 59.8 Å². The van der Waals surface area contributed by atoms with Crippen LogP contribution in [0.15, 0.2) is 0 Å². The van der Waals surface area contributed by atoms with Gasteiger partial charge >= 0.3 is 0 Å². The molecule has 1 aliphatic carbocycles. The maximum Gasteiger partial charge on any atom is -0.0328 e. The van der Waals surface area contributed by atoms with Crippen molar-refractivity contribution in [3.05, 3.63) is 0 Å². The lowest BCUT2D eigenvalue weighted by atomic mass is 9.68. The molecule has 0 aromatic rings.